The zero-order valence-electron chi connectivity index (χ0n) is 9.50. The van der Waals surface area contributed by atoms with E-state index in [-0.39, 0.29) is 10.6 Å². The normalized spacial score (nSPS) is 10.6. The first-order valence-electron chi connectivity index (χ1n) is 5.57. The largest absolute Gasteiger partial charge is 0.342 e. The Morgan fingerprint density at radius 3 is 2.94 bits per heavy atom. The van der Waals surface area contributed by atoms with E-state index < -0.39 is 0 Å². The SMILES string of the molecule is C=CCCCn1ccc2cccc([N+](=O)[O-])c21. The minimum Gasteiger partial charge on any atom is -0.342 e. The Kier molecular flexibility index (Phi) is 3.23. The van der Waals surface area contributed by atoms with E-state index in [9.17, 15) is 10.1 Å². The van der Waals surface area contributed by atoms with Crippen LogP contribution in [0.4, 0.5) is 5.69 Å². The van der Waals surface area contributed by atoms with Crippen LogP contribution in [0.5, 0.6) is 0 Å². The third-order valence-corrected chi connectivity index (χ3v) is 2.77. The van der Waals surface area contributed by atoms with Crippen LogP contribution in [0.15, 0.2) is 43.1 Å². The van der Waals surface area contributed by atoms with E-state index >= 15 is 0 Å². The summed E-state index contributed by atoms with van der Waals surface area (Å²) < 4.78 is 1.94. The minimum atomic E-state index is -0.327. The van der Waals surface area contributed by atoms with Crippen molar-refractivity contribution in [1.82, 2.24) is 4.57 Å². The molecule has 4 nitrogen and oxygen atoms in total. The summed E-state index contributed by atoms with van der Waals surface area (Å²) in [6.07, 6.45) is 5.63. The number of nitro groups is 1. The number of unbranched alkanes of at least 4 members (excludes halogenated alkanes) is 1. The zero-order valence-corrected chi connectivity index (χ0v) is 9.50. The monoisotopic (exact) mass is 230 g/mol. The summed E-state index contributed by atoms with van der Waals surface area (Å²) in [5, 5.41) is 11.9. The number of para-hydroxylation sites is 1. The molecule has 1 heterocycles. The predicted octanol–water partition coefficient (Wildman–Crippen LogP) is 3.52. The number of fused-ring (bicyclic) bond motifs is 1. The average molecular weight is 230 g/mol. The molecule has 0 aliphatic rings. The van der Waals surface area contributed by atoms with Gasteiger partial charge in [-0.05, 0) is 18.9 Å². The van der Waals surface area contributed by atoms with Gasteiger partial charge in [0.25, 0.3) is 5.69 Å². The third kappa shape index (κ3) is 2.20. The first-order chi connectivity index (χ1) is 8.24. The second-order valence-corrected chi connectivity index (χ2v) is 3.91. The smallest absolute Gasteiger partial charge is 0.293 e. The van der Waals surface area contributed by atoms with Crippen molar-refractivity contribution in [3.8, 4) is 0 Å². The average Bonchev–Trinajstić information content (AvgIpc) is 2.73. The van der Waals surface area contributed by atoms with Crippen molar-refractivity contribution < 1.29 is 4.92 Å². The number of benzene rings is 1. The molecule has 4 heteroatoms. The van der Waals surface area contributed by atoms with Gasteiger partial charge in [0.05, 0.1) is 4.92 Å². The van der Waals surface area contributed by atoms with Crippen LogP contribution in [0.3, 0.4) is 0 Å². The zero-order chi connectivity index (χ0) is 12.3. The van der Waals surface area contributed by atoms with E-state index in [0.717, 1.165) is 24.8 Å². The number of nitrogens with zero attached hydrogens (tertiary/aromatic N) is 2. The lowest BCUT2D eigenvalue weighted by Crippen LogP contribution is -1.98. The number of non-ortho nitro benzene ring substituents is 1. The highest BCUT2D eigenvalue weighted by Gasteiger charge is 2.14. The van der Waals surface area contributed by atoms with Crippen LogP contribution < -0.4 is 0 Å². The van der Waals surface area contributed by atoms with E-state index in [1.807, 2.05) is 29.0 Å². The van der Waals surface area contributed by atoms with Gasteiger partial charge < -0.3 is 4.57 Å². The van der Waals surface area contributed by atoms with Crippen LogP contribution in [0.1, 0.15) is 12.8 Å². The molecule has 0 atom stereocenters. The van der Waals surface area contributed by atoms with Crippen LogP contribution in [0, 0.1) is 10.1 Å². The van der Waals surface area contributed by atoms with Crippen molar-refractivity contribution >= 4 is 16.6 Å². The maximum absolute atomic E-state index is 11.0. The van der Waals surface area contributed by atoms with Gasteiger partial charge in [-0.2, -0.15) is 0 Å². The van der Waals surface area contributed by atoms with E-state index in [1.165, 1.54) is 0 Å². The summed E-state index contributed by atoms with van der Waals surface area (Å²) in [6.45, 7) is 4.45. The predicted molar refractivity (Wildman–Crippen MR) is 68.0 cm³/mol. The van der Waals surface area contributed by atoms with Gasteiger partial charge in [0.15, 0.2) is 0 Å². The number of hydrogen-bond acceptors (Lipinski definition) is 2. The second kappa shape index (κ2) is 4.82. The molecule has 0 unspecified atom stereocenters. The summed E-state index contributed by atoms with van der Waals surface area (Å²) in [7, 11) is 0. The molecule has 0 fully saturated rings. The molecule has 0 spiro atoms. The highest BCUT2D eigenvalue weighted by molar-refractivity contribution is 5.88. The molecule has 0 aliphatic heterocycles. The van der Waals surface area contributed by atoms with Crippen molar-refractivity contribution in [1.29, 1.82) is 0 Å². The molecular weight excluding hydrogens is 216 g/mol. The maximum Gasteiger partial charge on any atom is 0.293 e. The fourth-order valence-corrected chi connectivity index (χ4v) is 1.98. The molecule has 1 aromatic carbocycles. The van der Waals surface area contributed by atoms with Crippen LogP contribution in [0.2, 0.25) is 0 Å². The number of hydrogen-bond donors (Lipinski definition) is 0. The highest BCUT2D eigenvalue weighted by atomic mass is 16.6. The molecule has 0 saturated carbocycles. The molecule has 1 aromatic heterocycles. The summed E-state index contributed by atoms with van der Waals surface area (Å²) in [4.78, 5) is 10.6. The quantitative estimate of drug-likeness (QED) is 0.341. The molecule has 0 N–H and O–H groups in total. The van der Waals surface area contributed by atoms with Gasteiger partial charge in [0.1, 0.15) is 5.52 Å². The van der Waals surface area contributed by atoms with Gasteiger partial charge in [0, 0.05) is 24.2 Å². The lowest BCUT2D eigenvalue weighted by Gasteiger charge is -2.04. The lowest BCUT2D eigenvalue weighted by molar-refractivity contribution is -0.383. The van der Waals surface area contributed by atoms with Crippen LogP contribution >= 0.6 is 0 Å². The van der Waals surface area contributed by atoms with E-state index in [2.05, 4.69) is 6.58 Å². The van der Waals surface area contributed by atoms with Crippen LogP contribution in [-0.2, 0) is 6.54 Å². The number of nitro benzene ring substituents is 1. The van der Waals surface area contributed by atoms with Gasteiger partial charge in [-0.1, -0.05) is 18.2 Å². The van der Waals surface area contributed by atoms with Crippen molar-refractivity contribution in [3.05, 3.63) is 53.2 Å². The molecule has 0 amide bonds. The van der Waals surface area contributed by atoms with Gasteiger partial charge >= 0.3 is 0 Å². The fourth-order valence-electron chi connectivity index (χ4n) is 1.98. The Labute approximate surface area is 99.3 Å². The van der Waals surface area contributed by atoms with Crippen molar-refractivity contribution in [2.75, 3.05) is 0 Å². The standard InChI is InChI=1S/C13H14N2O2/c1-2-3-4-9-14-10-8-11-6-5-7-12(13(11)14)15(16)17/h2,5-8,10H,1,3-4,9H2. The Morgan fingerprint density at radius 2 is 2.24 bits per heavy atom. The summed E-state index contributed by atoms with van der Waals surface area (Å²) in [5.74, 6) is 0. The summed E-state index contributed by atoms with van der Waals surface area (Å²) in [6, 6.07) is 7.07. The molecule has 0 aliphatic carbocycles. The number of aromatic nitrogens is 1. The van der Waals surface area contributed by atoms with Crippen LogP contribution in [-0.4, -0.2) is 9.49 Å². The summed E-state index contributed by atoms with van der Waals surface area (Å²) in [5.41, 5.74) is 0.882. The molecule has 0 saturated heterocycles. The van der Waals surface area contributed by atoms with Crippen molar-refractivity contribution in [2.24, 2.45) is 0 Å². The number of aryl methyl sites for hydroxylation is 1. The molecule has 2 aromatic rings. The molecule has 2 rings (SSSR count). The van der Waals surface area contributed by atoms with Crippen molar-refractivity contribution in [2.45, 2.75) is 19.4 Å². The van der Waals surface area contributed by atoms with E-state index in [4.69, 9.17) is 0 Å². The molecular formula is C13H14N2O2. The maximum atomic E-state index is 11.0. The minimum absolute atomic E-state index is 0.172. The third-order valence-electron chi connectivity index (χ3n) is 2.77. The molecule has 17 heavy (non-hydrogen) atoms. The number of rotatable bonds is 5. The van der Waals surface area contributed by atoms with Crippen LogP contribution in [0.25, 0.3) is 10.9 Å². The Morgan fingerprint density at radius 1 is 1.41 bits per heavy atom. The van der Waals surface area contributed by atoms with Gasteiger partial charge in [0.2, 0.25) is 0 Å². The molecule has 0 radical (unpaired) electrons. The lowest BCUT2D eigenvalue weighted by atomic mass is 10.2. The fraction of sp³-hybridized carbons (Fsp3) is 0.231. The Bertz CT molecular complexity index is 558. The second-order valence-electron chi connectivity index (χ2n) is 3.91. The van der Waals surface area contributed by atoms with Gasteiger partial charge in [-0.15, -0.1) is 6.58 Å². The van der Waals surface area contributed by atoms with Gasteiger partial charge in [-0.25, -0.2) is 0 Å². The first-order valence-corrected chi connectivity index (χ1v) is 5.57. The summed E-state index contributed by atoms with van der Waals surface area (Å²) >= 11 is 0. The molecule has 88 valence electrons. The number of allylic oxidation sites excluding steroid dienone is 1. The Hall–Kier alpha value is -2.10. The highest BCUT2D eigenvalue weighted by Crippen LogP contribution is 2.26. The van der Waals surface area contributed by atoms with E-state index in [0.29, 0.717) is 5.52 Å². The first kappa shape index (κ1) is 11.4. The Balaban J connectivity index is 2.42. The molecule has 0 bridgehead atoms. The van der Waals surface area contributed by atoms with Gasteiger partial charge in [-0.3, -0.25) is 10.1 Å². The van der Waals surface area contributed by atoms with Crippen molar-refractivity contribution in [3.63, 3.8) is 0 Å². The topological polar surface area (TPSA) is 48.1 Å². The van der Waals surface area contributed by atoms with E-state index in [1.54, 1.807) is 12.1 Å².